The van der Waals surface area contributed by atoms with Crippen LogP contribution in [0.15, 0.2) is 60.8 Å². The number of amides is 4. The van der Waals surface area contributed by atoms with Crippen molar-refractivity contribution in [1.82, 2.24) is 30.3 Å². The van der Waals surface area contributed by atoms with Gasteiger partial charge in [0.1, 0.15) is 11.8 Å². The Kier molecular flexibility index (Phi) is 11.4. The van der Waals surface area contributed by atoms with Crippen LogP contribution < -0.4 is 25.2 Å². The highest BCUT2D eigenvalue weighted by molar-refractivity contribution is 6.31. The summed E-state index contributed by atoms with van der Waals surface area (Å²) in [5.74, 6) is 1.73. The second kappa shape index (κ2) is 16.9. The number of carbonyl (C=O) groups is 3. The van der Waals surface area contributed by atoms with Crippen LogP contribution in [0.3, 0.4) is 0 Å². The molecule has 1 saturated carbocycles. The number of anilines is 2. The Hall–Kier alpha value is -5.19. The smallest absolute Gasteiger partial charge is 0.328 e. The van der Waals surface area contributed by atoms with Gasteiger partial charge in [-0.1, -0.05) is 17.7 Å². The van der Waals surface area contributed by atoms with Crippen LogP contribution in [0.2, 0.25) is 5.02 Å². The molecule has 5 heterocycles. The number of nitrogens with one attached hydrogen (secondary N) is 2. The lowest BCUT2D eigenvalue weighted by Gasteiger charge is -2.36. The van der Waals surface area contributed by atoms with Crippen molar-refractivity contribution in [3.63, 3.8) is 0 Å². The van der Waals surface area contributed by atoms with Gasteiger partial charge < -0.3 is 24.4 Å². The minimum absolute atomic E-state index is 0.0373. The van der Waals surface area contributed by atoms with Gasteiger partial charge in [0.2, 0.25) is 5.91 Å². The van der Waals surface area contributed by atoms with Crippen LogP contribution in [0, 0.1) is 17.2 Å². The molecule has 0 spiro atoms. The molecule has 4 amide bonds. The van der Waals surface area contributed by atoms with Crippen LogP contribution in [0.25, 0.3) is 10.9 Å². The van der Waals surface area contributed by atoms with Crippen molar-refractivity contribution in [2.45, 2.75) is 82.4 Å². The second-order valence-electron chi connectivity index (χ2n) is 15.6. The summed E-state index contributed by atoms with van der Waals surface area (Å²) in [4.78, 5) is 43.8. The first-order valence-corrected chi connectivity index (χ1v) is 20.4. The molecule has 3 saturated heterocycles. The van der Waals surface area contributed by atoms with Gasteiger partial charge in [0.25, 0.3) is 5.91 Å². The number of ether oxygens (including phenoxy) is 1. The van der Waals surface area contributed by atoms with Gasteiger partial charge in [-0.05, 0) is 113 Å². The first-order chi connectivity index (χ1) is 27.3. The molecule has 0 bridgehead atoms. The third-order valence-electron chi connectivity index (χ3n) is 12.1. The summed E-state index contributed by atoms with van der Waals surface area (Å²) >= 11 is 6.15. The molecule has 4 aliphatic rings. The zero-order chi connectivity index (χ0) is 38.6. The van der Waals surface area contributed by atoms with E-state index in [2.05, 4.69) is 59.6 Å². The number of nitrogens with zero attached hydrogens (tertiary/aromatic N) is 7. The molecule has 2 N–H and O–H groups in total. The number of nitriles is 1. The van der Waals surface area contributed by atoms with E-state index in [4.69, 9.17) is 21.6 Å². The molecule has 0 unspecified atom stereocenters. The maximum atomic E-state index is 13.0. The number of aromatic nitrogens is 3. The van der Waals surface area contributed by atoms with E-state index < -0.39 is 0 Å². The van der Waals surface area contributed by atoms with Gasteiger partial charge >= 0.3 is 6.03 Å². The fourth-order valence-corrected chi connectivity index (χ4v) is 9.02. The number of fused-ring (bicyclic) bond motifs is 1. The Morgan fingerprint density at radius 1 is 0.929 bits per heavy atom. The number of likely N-dealkylation sites (tertiary alicyclic amines) is 1. The predicted octanol–water partition coefficient (Wildman–Crippen LogP) is 6.47. The highest BCUT2D eigenvalue weighted by Crippen LogP contribution is 2.34. The summed E-state index contributed by atoms with van der Waals surface area (Å²) in [7, 11) is 0. The van der Waals surface area contributed by atoms with Crippen LogP contribution in [0.4, 0.5) is 16.3 Å². The lowest BCUT2D eigenvalue weighted by molar-refractivity contribution is -0.120. The summed E-state index contributed by atoms with van der Waals surface area (Å²) < 4.78 is 8.46. The van der Waals surface area contributed by atoms with Crippen molar-refractivity contribution in [2.24, 2.45) is 5.92 Å². The van der Waals surface area contributed by atoms with Crippen molar-refractivity contribution >= 4 is 51.9 Å². The van der Waals surface area contributed by atoms with Crippen LogP contribution >= 0.6 is 11.6 Å². The van der Waals surface area contributed by atoms with E-state index in [1.165, 1.54) is 6.42 Å². The van der Waals surface area contributed by atoms with Crippen molar-refractivity contribution in [1.29, 1.82) is 5.26 Å². The third-order valence-corrected chi connectivity index (χ3v) is 12.4. The molecule has 0 radical (unpaired) electrons. The molecule has 4 aromatic rings. The van der Waals surface area contributed by atoms with E-state index in [0.717, 1.165) is 106 Å². The molecule has 2 aromatic carbocycles. The topological polar surface area (TPSA) is 149 Å². The van der Waals surface area contributed by atoms with Crippen molar-refractivity contribution in [3.8, 4) is 11.8 Å². The minimum Gasteiger partial charge on any atom is -0.490 e. The Bertz CT molecular complexity index is 2090. The largest absolute Gasteiger partial charge is 0.490 e. The van der Waals surface area contributed by atoms with Gasteiger partial charge in [-0.2, -0.15) is 5.26 Å². The minimum atomic E-state index is -0.350. The molecular formula is C42H48ClN9O4. The Morgan fingerprint density at radius 2 is 1.73 bits per heavy atom. The first kappa shape index (κ1) is 37.7. The van der Waals surface area contributed by atoms with Gasteiger partial charge in [-0.3, -0.25) is 19.8 Å². The lowest BCUT2D eigenvalue weighted by Crippen LogP contribution is -2.49. The molecule has 1 aliphatic carbocycles. The lowest BCUT2D eigenvalue weighted by atomic mass is 9.92. The van der Waals surface area contributed by atoms with E-state index >= 15 is 0 Å². The number of halogens is 1. The van der Waals surface area contributed by atoms with Crippen LogP contribution in [0.1, 0.15) is 86.3 Å². The zero-order valence-corrected chi connectivity index (χ0v) is 32.3. The van der Waals surface area contributed by atoms with Crippen LogP contribution in [-0.2, 0) is 4.79 Å². The molecule has 4 fully saturated rings. The standard InChI is InChI=1S/C42H48ClN9O4/c43-35-26-33(7-4-29(35)27-44)56-32-8-5-30(6-9-32)45-41(54)36-10-11-39(48-47-36)50-22-13-28(14-23-50)12-19-49-20-15-31(16-21-49)51-24-17-34-37(51)2-1-3-38(34)52-25-18-40(53)46-42(52)55/h1-4,7,10-11,17,24,26,28,30-32H,5-6,8-9,12-16,18-23,25H2,(H,45,54)(H,46,53,55)/t30-,32-. The summed E-state index contributed by atoms with van der Waals surface area (Å²) in [6, 6.07) is 19.2. The predicted molar refractivity (Wildman–Crippen MR) is 214 cm³/mol. The summed E-state index contributed by atoms with van der Waals surface area (Å²) in [6.07, 6.45) is 11.3. The molecule has 56 heavy (non-hydrogen) atoms. The number of rotatable bonds is 10. The zero-order valence-electron chi connectivity index (χ0n) is 31.5. The maximum Gasteiger partial charge on any atom is 0.328 e. The molecule has 292 valence electrons. The number of carbonyl (C=O) groups excluding carboxylic acids is 3. The Balaban J connectivity index is 0.742. The average Bonchev–Trinajstić information content (AvgIpc) is 3.66. The van der Waals surface area contributed by atoms with E-state index in [1.807, 2.05) is 18.2 Å². The number of hydrogen-bond donors (Lipinski definition) is 2. The van der Waals surface area contributed by atoms with Gasteiger partial charge in [-0.15, -0.1) is 10.2 Å². The highest BCUT2D eigenvalue weighted by atomic mass is 35.5. The van der Waals surface area contributed by atoms with Gasteiger partial charge in [0.15, 0.2) is 11.5 Å². The first-order valence-electron chi connectivity index (χ1n) is 20.0. The highest BCUT2D eigenvalue weighted by Gasteiger charge is 2.29. The monoisotopic (exact) mass is 777 g/mol. The number of piperidine rings is 2. The summed E-state index contributed by atoms with van der Waals surface area (Å²) in [6.45, 7) is 5.52. The summed E-state index contributed by atoms with van der Waals surface area (Å²) in [5, 5.41) is 24.8. The van der Waals surface area contributed by atoms with Crippen molar-refractivity contribution in [2.75, 3.05) is 49.1 Å². The van der Waals surface area contributed by atoms with Gasteiger partial charge in [0.05, 0.1) is 27.9 Å². The fourth-order valence-electron chi connectivity index (χ4n) is 8.81. The molecule has 3 aliphatic heterocycles. The van der Waals surface area contributed by atoms with Crippen LogP contribution in [0.5, 0.6) is 5.75 Å². The molecule has 2 aromatic heterocycles. The quantitative estimate of drug-likeness (QED) is 0.185. The van der Waals surface area contributed by atoms with Crippen molar-refractivity contribution in [3.05, 3.63) is 77.1 Å². The maximum absolute atomic E-state index is 13.0. The molecular weight excluding hydrogens is 730 g/mol. The normalized spacial score (nSPS) is 21.5. The fraction of sp³-hybridized carbons (Fsp3) is 0.476. The molecule has 13 nitrogen and oxygen atoms in total. The van der Waals surface area contributed by atoms with Gasteiger partial charge in [0, 0.05) is 68.9 Å². The number of urea groups is 1. The Morgan fingerprint density at radius 3 is 2.45 bits per heavy atom. The molecule has 14 heteroatoms. The third kappa shape index (κ3) is 8.46. The van der Waals surface area contributed by atoms with Gasteiger partial charge in [-0.25, -0.2) is 4.79 Å². The SMILES string of the molecule is N#Cc1ccc(O[C@H]2CC[C@H](NC(=O)c3ccc(N4CCC(CCN5CCC(n6ccc7c(N8CCC(=O)NC8=O)cccc76)CC5)CC4)nn3)CC2)cc1Cl. The van der Waals surface area contributed by atoms with E-state index in [1.54, 1.807) is 29.2 Å². The number of imide groups is 1. The average molecular weight is 778 g/mol. The van der Waals surface area contributed by atoms with Crippen LogP contribution in [-0.4, -0.2) is 88.9 Å². The van der Waals surface area contributed by atoms with Crippen molar-refractivity contribution < 1.29 is 19.1 Å². The van der Waals surface area contributed by atoms with E-state index in [0.29, 0.717) is 47.0 Å². The van der Waals surface area contributed by atoms with E-state index in [9.17, 15) is 14.4 Å². The summed E-state index contributed by atoms with van der Waals surface area (Å²) in [5.41, 5.74) is 2.75. The molecule has 0 atom stereocenters. The molecule has 8 rings (SSSR count). The second-order valence-corrected chi connectivity index (χ2v) is 16.0. The van der Waals surface area contributed by atoms with E-state index in [-0.39, 0.29) is 30.0 Å². The number of hydrogen-bond acceptors (Lipinski definition) is 9. The Labute approximate surface area is 331 Å². The number of benzene rings is 2.